The molecule has 128 valence electrons. The highest BCUT2D eigenvalue weighted by atomic mass is 35.5. The van der Waals surface area contributed by atoms with Crippen LogP contribution in [0.25, 0.3) is 10.9 Å². The third-order valence-corrected chi connectivity index (χ3v) is 4.18. The largest absolute Gasteiger partial charge is 0.326 e. The minimum absolute atomic E-state index is 0.0754. The average Bonchev–Trinajstić information content (AvgIpc) is 2.57. The summed E-state index contributed by atoms with van der Waals surface area (Å²) in [5.74, 6) is 0.521. The normalized spacial score (nSPS) is 10.8. The van der Waals surface area contributed by atoms with Crippen LogP contribution in [0.3, 0.4) is 0 Å². The van der Waals surface area contributed by atoms with E-state index in [0.717, 1.165) is 11.3 Å². The average molecular weight is 356 g/mol. The summed E-state index contributed by atoms with van der Waals surface area (Å²) in [7, 11) is 0. The monoisotopic (exact) mass is 355 g/mol. The predicted molar refractivity (Wildman–Crippen MR) is 100 cm³/mol. The van der Waals surface area contributed by atoms with Crippen molar-refractivity contribution in [1.82, 2.24) is 9.97 Å². The smallest absolute Gasteiger partial charge is 0.258 e. The van der Waals surface area contributed by atoms with E-state index in [1.165, 1.54) is 0 Å². The third kappa shape index (κ3) is 4.25. The van der Waals surface area contributed by atoms with Gasteiger partial charge in [0.25, 0.3) is 5.56 Å². The molecule has 0 saturated carbocycles. The summed E-state index contributed by atoms with van der Waals surface area (Å²) in [6.45, 7) is 1.89. The van der Waals surface area contributed by atoms with Gasteiger partial charge in [-0.3, -0.25) is 9.59 Å². The molecule has 2 N–H and O–H groups in total. The minimum Gasteiger partial charge on any atom is -0.326 e. The molecule has 2 aromatic carbocycles. The van der Waals surface area contributed by atoms with Crippen molar-refractivity contribution in [3.05, 3.63) is 69.2 Å². The van der Waals surface area contributed by atoms with Crippen LogP contribution in [0.15, 0.2) is 47.3 Å². The van der Waals surface area contributed by atoms with Gasteiger partial charge < -0.3 is 10.3 Å². The summed E-state index contributed by atoms with van der Waals surface area (Å²) < 4.78 is 0. The highest BCUT2D eigenvalue weighted by Crippen LogP contribution is 2.19. The molecule has 0 bridgehead atoms. The van der Waals surface area contributed by atoms with E-state index in [4.69, 9.17) is 11.6 Å². The maximum atomic E-state index is 12.1. The predicted octanol–water partition coefficient (Wildman–Crippen LogP) is 3.85. The molecule has 0 aliphatic heterocycles. The molecule has 0 fully saturated rings. The first-order valence-electron chi connectivity index (χ1n) is 8.07. The Labute approximate surface area is 150 Å². The second-order valence-corrected chi connectivity index (χ2v) is 6.33. The molecule has 3 rings (SSSR count). The van der Waals surface area contributed by atoms with Crippen molar-refractivity contribution in [2.24, 2.45) is 0 Å². The first kappa shape index (κ1) is 17.2. The van der Waals surface area contributed by atoms with E-state index in [1.807, 2.05) is 25.1 Å². The standard InChI is InChI=1S/C19H18ClN3O2/c1-12-11-13(20)9-10-15(12)22-18(24)8-4-7-17-21-16-6-3-2-5-14(16)19(25)23-17/h2-3,5-6,9-11H,4,7-8H2,1H3,(H,22,24)(H,21,23,25). The van der Waals surface area contributed by atoms with Crippen LogP contribution in [0.1, 0.15) is 24.2 Å². The number of nitrogens with zero attached hydrogens (tertiary/aromatic N) is 1. The number of rotatable bonds is 5. The number of aryl methyl sites for hydroxylation is 2. The lowest BCUT2D eigenvalue weighted by Crippen LogP contribution is -2.14. The van der Waals surface area contributed by atoms with Gasteiger partial charge in [-0.1, -0.05) is 23.7 Å². The van der Waals surface area contributed by atoms with Gasteiger partial charge in [-0.15, -0.1) is 0 Å². The molecule has 1 aromatic heterocycles. The van der Waals surface area contributed by atoms with Gasteiger partial charge in [-0.25, -0.2) is 4.98 Å². The Balaban J connectivity index is 1.59. The van der Waals surface area contributed by atoms with Crippen molar-refractivity contribution < 1.29 is 4.79 Å². The van der Waals surface area contributed by atoms with Crippen molar-refractivity contribution in [2.45, 2.75) is 26.2 Å². The van der Waals surface area contributed by atoms with Crippen LogP contribution in [-0.2, 0) is 11.2 Å². The molecule has 0 spiro atoms. The number of amides is 1. The van der Waals surface area contributed by atoms with E-state index >= 15 is 0 Å². The summed E-state index contributed by atoms with van der Waals surface area (Å²) in [6.07, 6.45) is 1.48. The fourth-order valence-electron chi connectivity index (χ4n) is 2.65. The van der Waals surface area contributed by atoms with E-state index in [2.05, 4.69) is 15.3 Å². The van der Waals surface area contributed by atoms with E-state index < -0.39 is 0 Å². The fourth-order valence-corrected chi connectivity index (χ4v) is 2.88. The van der Waals surface area contributed by atoms with E-state index in [9.17, 15) is 9.59 Å². The number of fused-ring (bicyclic) bond motifs is 1. The second-order valence-electron chi connectivity index (χ2n) is 5.89. The van der Waals surface area contributed by atoms with Gasteiger partial charge >= 0.3 is 0 Å². The van der Waals surface area contributed by atoms with Crippen LogP contribution < -0.4 is 10.9 Å². The third-order valence-electron chi connectivity index (χ3n) is 3.94. The number of para-hydroxylation sites is 1. The molecule has 1 heterocycles. The zero-order chi connectivity index (χ0) is 17.8. The zero-order valence-corrected chi connectivity index (χ0v) is 14.6. The Bertz CT molecular complexity index is 982. The Morgan fingerprint density at radius 2 is 2.04 bits per heavy atom. The lowest BCUT2D eigenvalue weighted by Gasteiger charge is -2.08. The molecule has 0 aliphatic carbocycles. The minimum atomic E-state index is -0.151. The number of carbonyl (C=O) groups excluding carboxylic acids is 1. The van der Waals surface area contributed by atoms with Crippen molar-refractivity contribution in [3.8, 4) is 0 Å². The molecule has 25 heavy (non-hydrogen) atoms. The van der Waals surface area contributed by atoms with Crippen LogP contribution in [0.4, 0.5) is 5.69 Å². The molecular weight excluding hydrogens is 338 g/mol. The fraction of sp³-hybridized carbons (Fsp3) is 0.211. The maximum absolute atomic E-state index is 12.1. The van der Waals surface area contributed by atoms with Gasteiger partial charge in [0.1, 0.15) is 5.82 Å². The number of carbonyl (C=O) groups is 1. The Hall–Kier alpha value is -2.66. The van der Waals surface area contributed by atoms with Crippen LogP contribution in [0.2, 0.25) is 5.02 Å². The Morgan fingerprint density at radius 1 is 1.24 bits per heavy atom. The molecule has 0 atom stereocenters. The van der Waals surface area contributed by atoms with Crippen molar-refractivity contribution in [3.63, 3.8) is 0 Å². The molecular formula is C19H18ClN3O2. The van der Waals surface area contributed by atoms with Gasteiger partial charge in [-0.05, 0) is 49.2 Å². The molecule has 6 heteroatoms. The van der Waals surface area contributed by atoms with Crippen LogP contribution in [-0.4, -0.2) is 15.9 Å². The number of benzene rings is 2. The molecule has 3 aromatic rings. The summed E-state index contributed by atoms with van der Waals surface area (Å²) in [5, 5.41) is 4.09. The van der Waals surface area contributed by atoms with E-state index in [0.29, 0.717) is 41.0 Å². The van der Waals surface area contributed by atoms with E-state index in [1.54, 1.807) is 24.3 Å². The molecule has 0 unspecified atom stereocenters. The Kier molecular flexibility index (Phi) is 5.14. The number of H-pyrrole nitrogens is 1. The van der Waals surface area contributed by atoms with Gasteiger partial charge in [0, 0.05) is 23.6 Å². The summed E-state index contributed by atoms with van der Waals surface area (Å²) in [4.78, 5) is 31.3. The summed E-state index contributed by atoms with van der Waals surface area (Å²) >= 11 is 5.91. The Morgan fingerprint density at radius 3 is 2.84 bits per heavy atom. The van der Waals surface area contributed by atoms with Crippen molar-refractivity contribution >= 4 is 34.1 Å². The number of halogens is 1. The van der Waals surface area contributed by atoms with Gasteiger partial charge in [0.05, 0.1) is 10.9 Å². The maximum Gasteiger partial charge on any atom is 0.258 e. The van der Waals surface area contributed by atoms with Crippen molar-refractivity contribution in [2.75, 3.05) is 5.32 Å². The second kappa shape index (κ2) is 7.49. The topological polar surface area (TPSA) is 74.8 Å². The van der Waals surface area contributed by atoms with Crippen molar-refractivity contribution in [1.29, 1.82) is 0 Å². The highest BCUT2D eigenvalue weighted by Gasteiger charge is 2.07. The number of anilines is 1. The lowest BCUT2D eigenvalue weighted by molar-refractivity contribution is -0.116. The molecule has 1 amide bonds. The molecule has 5 nitrogen and oxygen atoms in total. The summed E-state index contributed by atoms with van der Waals surface area (Å²) in [5.41, 5.74) is 2.19. The number of nitrogens with one attached hydrogen (secondary N) is 2. The van der Waals surface area contributed by atoms with Gasteiger partial charge in [0.2, 0.25) is 5.91 Å². The summed E-state index contributed by atoms with van der Waals surface area (Å²) in [6, 6.07) is 12.5. The van der Waals surface area contributed by atoms with Crippen LogP contribution >= 0.6 is 11.6 Å². The SMILES string of the molecule is Cc1cc(Cl)ccc1NC(=O)CCCc1nc2ccccc2c(=O)[nH]1. The number of aromatic nitrogens is 2. The lowest BCUT2D eigenvalue weighted by atomic mass is 10.1. The van der Waals surface area contributed by atoms with Gasteiger partial charge in [0.15, 0.2) is 0 Å². The van der Waals surface area contributed by atoms with E-state index in [-0.39, 0.29) is 11.5 Å². The molecule has 0 aliphatic rings. The first-order valence-corrected chi connectivity index (χ1v) is 8.44. The van der Waals surface area contributed by atoms with Gasteiger partial charge in [-0.2, -0.15) is 0 Å². The number of hydrogen-bond acceptors (Lipinski definition) is 3. The van der Waals surface area contributed by atoms with Crippen LogP contribution in [0, 0.1) is 6.92 Å². The highest BCUT2D eigenvalue weighted by molar-refractivity contribution is 6.30. The first-order chi connectivity index (χ1) is 12.0. The quantitative estimate of drug-likeness (QED) is 0.730. The zero-order valence-electron chi connectivity index (χ0n) is 13.8. The molecule has 0 radical (unpaired) electrons. The molecule has 0 saturated heterocycles. The number of aromatic amines is 1. The van der Waals surface area contributed by atoms with Crippen LogP contribution in [0.5, 0.6) is 0 Å². The number of hydrogen-bond donors (Lipinski definition) is 2.